The molecule has 1 heterocycles. The van der Waals surface area contributed by atoms with E-state index in [9.17, 15) is 9.59 Å². The maximum atomic E-state index is 12.5. The highest BCUT2D eigenvalue weighted by molar-refractivity contribution is 5.97. The van der Waals surface area contributed by atoms with Crippen molar-refractivity contribution in [3.63, 3.8) is 0 Å². The average Bonchev–Trinajstić information content (AvgIpc) is 3.02. The zero-order valence-corrected chi connectivity index (χ0v) is 16.0. The molecular weight excluding hydrogens is 360 g/mol. The molecule has 0 aliphatic rings. The van der Waals surface area contributed by atoms with Crippen molar-refractivity contribution in [2.45, 2.75) is 6.54 Å². The zero-order chi connectivity index (χ0) is 20.1. The molecule has 8 heteroatoms. The van der Waals surface area contributed by atoms with Gasteiger partial charge in [0.15, 0.2) is 17.3 Å². The first-order valence-corrected chi connectivity index (χ1v) is 8.75. The highest BCUT2D eigenvalue weighted by Gasteiger charge is 2.17. The molecule has 0 aliphatic heterocycles. The Balaban J connectivity index is 1.71. The van der Waals surface area contributed by atoms with Gasteiger partial charge >= 0.3 is 5.69 Å². The lowest BCUT2D eigenvalue weighted by Crippen LogP contribution is -2.32. The van der Waals surface area contributed by atoms with Crippen LogP contribution in [0.1, 0.15) is 10.4 Å². The number of benzene rings is 2. The lowest BCUT2D eigenvalue weighted by Gasteiger charge is -2.12. The Bertz CT molecular complexity index is 1020. The minimum absolute atomic E-state index is 0.240. The Labute approximate surface area is 162 Å². The van der Waals surface area contributed by atoms with Crippen molar-refractivity contribution in [3.05, 3.63) is 64.6 Å². The fourth-order valence-electron chi connectivity index (χ4n) is 2.91. The normalized spacial score (nSPS) is 10.5. The van der Waals surface area contributed by atoms with Crippen LogP contribution in [0.4, 0.5) is 0 Å². The molecule has 1 aromatic heterocycles. The summed E-state index contributed by atoms with van der Waals surface area (Å²) < 4.78 is 13.3. The van der Waals surface area contributed by atoms with Crippen molar-refractivity contribution >= 4 is 5.91 Å². The van der Waals surface area contributed by atoms with E-state index >= 15 is 0 Å². The second kappa shape index (κ2) is 8.43. The summed E-state index contributed by atoms with van der Waals surface area (Å²) in [7, 11) is 4.67. The summed E-state index contributed by atoms with van der Waals surface area (Å²) in [5.41, 5.74) is 0.971. The van der Waals surface area contributed by atoms with E-state index < -0.39 is 0 Å². The maximum Gasteiger partial charge on any atom is 0.345 e. The van der Waals surface area contributed by atoms with Crippen LogP contribution in [0.3, 0.4) is 0 Å². The number of nitrogens with zero attached hydrogens (tertiary/aromatic N) is 3. The molecule has 0 spiro atoms. The standard InChI is InChI=1S/C20H22N4O4/c1-23-18(14-8-5-4-6-9-14)22-24(20(23)26)13-12-21-19(25)15-10-7-11-16(27-2)17(15)28-3/h4-11H,12-13H2,1-3H3,(H,21,25). The number of nitrogens with one attached hydrogen (secondary N) is 1. The lowest BCUT2D eigenvalue weighted by atomic mass is 10.1. The average molecular weight is 382 g/mol. The van der Waals surface area contributed by atoms with Crippen LogP contribution in [0, 0.1) is 0 Å². The van der Waals surface area contributed by atoms with Gasteiger partial charge in [-0.15, -0.1) is 5.10 Å². The van der Waals surface area contributed by atoms with Gasteiger partial charge in [0, 0.05) is 19.2 Å². The van der Waals surface area contributed by atoms with Crippen molar-refractivity contribution in [2.75, 3.05) is 20.8 Å². The predicted molar refractivity (Wildman–Crippen MR) is 105 cm³/mol. The molecule has 0 atom stereocenters. The molecular formula is C20H22N4O4. The monoisotopic (exact) mass is 382 g/mol. The smallest absolute Gasteiger partial charge is 0.345 e. The summed E-state index contributed by atoms with van der Waals surface area (Å²) >= 11 is 0. The van der Waals surface area contributed by atoms with Gasteiger partial charge in [0.2, 0.25) is 0 Å². The number of aromatic nitrogens is 3. The number of hydrogen-bond acceptors (Lipinski definition) is 5. The van der Waals surface area contributed by atoms with Crippen molar-refractivity contribution < 1.29 is 14.3 Å². The van der Waals surface area contributed by atoms with Crippen molar-refractivity contribution in [1.82, 2.24) is 19.7 Å². The third-order valence-corrected chi connectivity index (χ3v) is 4.33. The molecule has 1 amide bonds. The van der Waals surface area contributed by atoms with E-state index in [4.69, 9.17) is 9.47 Å². The van der Waals surface area contributed by atoms with Gasteiger partial charge in [-0.25, -0.2) is 9.48 Å². The minimum Gasteiger partial charge on any atom is -0.493 e. The number of carbonyl (C=O) groups excluding carboxylic acids is 1. The van der Waals surface area contributed by atoms with Crippen LogP contribution in [0.25, 0.3) is 11.4 Å². The summed E-state index contributed by atoms with van der Waals surface area (Å²) in [6, 6.07) is 14.5. The molecule has 0 aliphatic carbocycles. The molecule has 0 radical (unpaired) electrons. The quantitative estimate of drug-likeness (QED) is 0.672. The second-order valence-corrected chi connectivity index (χ2v) is 6.05. The van der Waals surface area contributed by atoms with E-state index in [1.165, 1.54) is 23.5 Å². The molecule has 0 fully saturated rings. The summed E-state index contributed by atoms with van der Waals surface area (Å²) in [5, 5.41) is 7.17. The van der Waals surface area contributed by atoms with Gasteiger partial charge < -0.3 is 14.8 Å². The van der Waals surface area contributed by atoms with Gasteiger partial charge in [0.25, 0.3) is 5.91 Å². The SMILES string of the molecule is COc1cccc(C(=O)NCCn2nc(-c3ccccc3)n(C)c2=O)c1OC. The third kappa shape index (κ3) is 3.75. The largest absolute Gasteiger partial charge is 0.493 e. The number of para-hydroxylation sites is 1. The Morgan fingerprint density at radius 2 is 1.82 bits per heavy atom. The first-order chi connectivity index (χ1) is 13.6. The van der Waals surface area contributed by atoms with E-state index in [0.717, 1.165) is 5.56 Å². The van der Waals surface area contributed by atoms with E-state index in [2.05, 4.69) is 10.4 Å². The summed E-state index contributed by atoms with van der Waals surface area (Å²) in [5.74, 6) is 1.10. The van der Waals surface area contributed by atoms with Crippen LogP contribution in [0.5, 0.6) is 11.5 Å². The zero-order valence-electron chi connectivity index (χ0n) is 16.0. The van der Waals surface area contributed by atoms with Gasteiger partial charge in [0.1, 0.15) is 0 Å². The van der Waals surface area contributed by atoms with Crippen LogP contribution in [0.2, 0.25) is 0 Å². The fourth-order valence-corrected chi connectivity index (χ4v) is 2.91. The molecule has 8 nitrogen and oxygen atoms in total. The van der Waals surface area contributed by atoms with Crippen LogP contribution in [-0.4, -0.2) is 41.0 Å². The minimum atomic E-state index is -0.317. The van der Waals surface area contributed by atoms with Crippen molar-refractivity contribution in [3.8, 4) is 22.9 Å². The molecule has 1 N–H and O–H groups in total. The van der Waals surface area contributed by atoms with Crippen LogP contribution in [0.15, 0.2) is 53.3 Å². The van der Waals surface area contributed by atoms with E-state index in [1.54, 1.807) is 25.2 Å². The van der Waals surface area contributed by atoms with Gasteiger partial charge in [0.05, 0.1) is 26.3 Å². The number of ether oxygens (including phenoxy) is 2. The Kier molecular flexibility index (Phi) is 5.78. The first kappa shape index (κ1) is 19.2. The van der Waals surface area contributed by atoms with Gasteiger partial charge in [-0.2, -0.15) is 0 Å². The van der Waals surface area contributed by atoms with Gasteiger partial charge in [-0.1, -0.05) is 36.4 Å². The molecule has 2 aromatic carbocycles. The molecule has 3 rings (SSSR count). The van der Waals surface area contributed by atoms with Crippen molar-refractivity contribution in [1.29, 1.82) is 0 Å². The Morgan fingerprint density at radius 1 is 1.07 bits per heavy atom. The molecule has 3 aromatic rings. The van der Waals surface area contributed by atoms with Crippen molar-refractivity contribution in [2.24, 2.45) is 7.05 Å². The molecule has 0 saturated carbocycles. The lowest BCUT2D eigenvalue weighted by molar-refractivity contribution is 0.0948. The predicted octanol–water partition coefficient (Wildman–Crippen LogP) is 1.70. The van der Waals surface area contributed by atoms with Crippen LogP contribution >= 0.6 is 0 Å². The molecule has 0 bridgehead atoms. The third-order valence-electron chi connectivity index (χ3n) is 4.33. The van der Waals surface area contributed by atoms with Crippen LogP contribution in [-0.2, 0) is 13.6 Å². The second-order valence-electron chi connectivity index (χ2n) is 6.05. The maximum absolute atomic E-state index is 12.5. The van der Waals surface area contributed by atoms with Crippen LogP contribution < -0.4 is 20.5 Å². The number of carbonyl (C=O) groups is 1. The Morgan fingerprint density at radius 3 is 2.50 bits per heavy atom. The molecule has 28 heavy (non-hydrogen) atoms. The van der Waals surface area contributed by atoms with E-state index in [1.807, 2.05) is 30.3 Å². The fraction of sp³-hybridized carbons (Fsp3) is 0.250. The molecule has 0 unspecified atom stereocenters. The summed E-state index contributed by atoms with van der Waals surface area (Å²) in [6.45, 7) is 0.488. The van der Waals surface area contributed by atoms with Gasteiger partial charge in [-0.05, 0) is 12.1 Å². The molecule has 0 saturated heterocycles. The summed E-state index contributed by atoms with van der Waals surface area (Å²) in [4.78, 5) is 24.9. The number of hydrogen-bond donors (Lipinski definition) is 1. The number of methoxy groups -OCH3 is 2. The first-order valence-electron chi connectivity index (χ1n) is 8.75. The van der Waals surface area contributed by atoms with E-state index in [-0.39, 0.29) is 24.7 Å². The number of amides is 1. The number of rotatable bonds is 7. The van der Waals surface area contributed by atoms with E-state index in [0.29, 0.717) is 22.9 Å². The van der Waals surface area contributed by atoms with Gasteiger partial charge in [-0.3, -0.25) is 9.36 Å². The topological polar surface area (TPSA) is 87.4 Å². The highest BCUT2D eigenvalue weighted by atomic mass is 16.5. The Hall–Kier alpha value is -3.55. The molecule has 146 valence electrons. The summed E-state index contributed by atoms with van der Waals surface area (Å²) in [6.07, 6.45) is 0. The highest BCUT2D eigenvalue weighted by Crippen LogP contribution is 2.30.